The lowest BCUT2D eigenvalue weighted by molar-refractivity contribution is 0.344. The molecule has 0 aliphatic carbocycles. The van der Waals surface area contributed by atoms with Crippen LogP contribution >= 0.6 is 11.8 Å². The Balaban J connectivity index is 1.53. The van der Waals surface area contributed by atoms with Gasteiger partial charge in [0.2, 0.25) is 0 Å². The van der Waals surface area contributed by atoms with Crippen LogP contribution in [0.5, 0.6) is 0 Å². The van der Waals surface area contributed by atoms with Gasteiger partial charge in [-0.3, -0.25) is 0 Å². The first-order chi connectivity index (χ1) is 7.45. The Morgan fingerprint density at radius 1 is 1.07 bits per heavy atom. The molecule has 0 aromatic heterocycles. The normalized spacial score (nSPS) is 29.2. The lowest BCUT2D eigenvalue weighted by Gasteiger charge is -2.25. The van der Waals surface area contributed by atoms with Crippen molar-refractivity contribution in [2.45, 2.75) is 25.7 Å². The fourth-order valence-electron chi connectivity index (χ4n) is 2.54. The van der Waals surface area contributed by atoms with Gasteiger partial charge < -0.3 is 10.6 Å². The first kappa shape index (κ1) is 11.7. The Bertz CT molecular complexity index is 145. The molecule has 0 radical (unpaired) electrons. The molecule has 1 atom stereocenters. The SMILES string of the molecule is C1CNCC(CNCC2CCSCC2)C1. The molecular weight excluding hydrogens is 204 g/mol. The fraction of sp³-hybridized carbons (Fsp3) is 1.00. The van der Waals surface area contributed by atoms with Gasteiger partial charge in [-0.05, 0) is 75.2 Å². The number of thioether (sulfide) groups is 1. The number of hydrogen-bond acceptors (Lipinski definition) is 3. The van der Waals surface area contributed by atoms with Gasteiger partial charge in [-0.2, -0.15) is 11.8 Å². The third kappa shape index (κ3) is 4.33. The van der Waals surface area contributed by atoms with Crippen LogP contribution in [0.25, 0.3) is 0 Å². The van der Waals surface area contributed by atoms with Crippen LogP contribution in [0.3, 0.4) is 0 Å². The van der Waals surface area contributed by atoms with Crippen LogP contribution in [0.4, 0.5) is 0 Å². The van der Waals surface area contributed by atoms with E-state index in [9.17, 15) is 0 Å². The third-order valence-electron chi connectivity index (χ3n) is 3.61. The minimum Gasteiger partial charge on any atom is -0.316 e. The predicted molar refractivity (Wildman–Crippen MR) is 68.5 cm³/mol. The third-order valence-corrected chi connectivity index (χ3v) is 4.65. The Morgan fingerprint density at radius 3 is 2.60 bits per heavy atom. The predicted octanol–water partition coefficient (Wildman–Crippen LogP) is 1.72. The first-order valence-corrected chi connectivity index (χ1v) is 7.60. The molecule has 15 heavy (non-hydrogen) atoms. The highest BCUT2D eigenvalue weighted by Gasteiger charge is 2.15. The molecule has 3 heteroatoms. The second-order valence-electron chi connectivity index (χ2n) is 4.93. The van der Waals surface area contributed by atoms with Crippen molar-refractivity contribution in [3.8, 4) is 0 Å². The fourth-order valence-corrected chi connectivity index (χ4v) is 3.74. The van der Waals surface area contributed by atoms with E-state index in [1.54, 1.807) is 0 Å². The maximum Gasteiger partial charge on any atom is -0.000826 e. The minimum atomic E-state index is 0.886. The van der Waals surface area contributed by atoms with Crippen molar-refractivity contribution in [1.82, 2.24) is 10.6 Å². The van der Waals surface area contributed by atoms with Gasteiger partial charge in [-0.25, -0.2) is 0 Å². The summed E-state index contributed by atoms with van der Waals surface area (Å²) in [6, 6.07) is 0. The van der Waals surface area contributed by atoms with Gasteiger partial charge in [0.25, 0.3) is 0 Å². The van der Waals surface area contributed by atoms with Crippen LogP contribution in [0.1, 0.15) is 25.7 Å². The molecule has 2 aliphatic heterocycles. The average molecular weight is 228 g/mol. The largest absolute Gasteiger partial charge is 0.316 e. The van der Waals surface area contributed by atoms with Crippen LogP contribution in [0.2, 0.25) is 0 Å². The average Bonchev–Trinajstić information content (AvgIpc) is 2.32. The molecule has 0 saturated carbocycles. The van der Waals surface area contributed by atoms with Gasteiger partial charge in [0.1, 0.15) is 0 Å². The second kappa shape index (κ2) is 6.77. The second-order valence-corrected chi connectivity index (χ2v) is 6.15. The molecule has 2 N–H and O–H groups in total. The summed E-state index contributed by atoms with van der Waals surface area (Å²) in [6.07, 6.45) is 5.65. The van der Waals surface area contributed by atoms with Crippen molar-refractivity contribution in [2.75, 3.05) is 37.7 Å². The molecule has 0 bridgehead atoms. The smallest absolute Gasteiger partial charge is 0.000826 e. The monoisotopic (exact) mass is 228 g/mol. The van der Waals surface area contributed by atoms with E-state index < -0.39 is 0 Å². The van der Waals surface area contributed by atoms with E-state index >= 15 is 0 Å². The number of nitrogens with one attached hydrogen (secondary N) is 2. The lowest BCUT2D eigenvalue weighted by atomic mass is 9.98. The van der Waals surface area contributed by atoms with Crippen molar-refractivity contribution in [3.63, 3.8) is 0 Å². The van der Waals surface area contributed by atoms with E-state index in [1.807, 2.05) is 0 Å². The van der Waals surface area contributed by atoms with Crippen molar-refractivity contribution in [1.29, 1.82) is 0 Å². The summed E-state index contributed by atoms with van der Waals surface area (Å²) in [5.74, 6) is 4.62. The van der Waals surface area contributed by atoms with Gasteiger partial charge in [0, 0.05) is 0 Å². The lowest BCUT2D eigenvalue weighted by Crippen LogP contribution is -2.37. The highest BCUT2D eigenvalue weighted by Crippen LogP contribution is 2.21. The molecule has 88 valence electrons. The van der Waals surface area contributed by atoms with Gasteiger partial charge in [-0.1, -0.05) is 0 Å². The minimum absolute atomic E-state index is 0.886. The number of rotatable bonds is 4. The zero-order valence-electron chi connectivity index (χ0n) is 9.63. The Labute approximate surface area is 98.0 Å². The van der Waals surface area contributed by atoms with Crippen LogP contribution in [-0.2, 0) is 0 Å². The van der Waals surface area contributed by atoms with Gasteiger partial charge in [0.05, 0.1) is 0 Å². The quantitative estimate of drug-likeness (QED) is 0.766. The van der Waals surface area contributed by atoms with Crippen molar-refractivity contribution < 1.29 is 0 Å². The highest BCUT2D eigenvalue weighted by atomic mass is 32.2. The van der Waals surface area contributed by atoms with Crippen LogP contribution in [0, 0.1) is 11.8 Å². The first-order valence-electron chi connectivity index (χ1n) is 6.44. The van der Waals surface area contributed by atoms with E-state index in [4.69, 9.17) is 0 Å². The van der Waals surface area contributed by atoms with Gasteiger partial charge >= 0.3 is 0 Å². The molecule has 0 aromatic carbocycles. The number of hydrogen-bond donors (Lipinski definition) is 2. The molecule has 2 rings (SSSR count). The molecular formula is C12H24N2S. The molecule has 0 spiro atoms. The highest BCUT2D eigenvalue weighted by molar-refractivity contribution is 7.99. The zero-order chi connectivity index (χ0) is 10.3. The van der Waals surface area contributed by atoms with Crippen LogP contribution in [0.15, 0.2) is 0 Å². The number of piperidine rings is 1. The summed E-state index contributed by atoms with van der Waals surface area (Å²) in [4.78, 5) is 0. The van der Waals surface area contributed by atoms with Crippen LogP contribution < -0.4 is 10.6 Å². The molecule has 2 saturated heterocycles. The van der Waals surface area contributed by atoms with E-state index in [0.717, 1.165) is 11.8 Å². The van der Waals surface area contributed by atoms with E-state index in [2.05, 4.69) is 22.4 Å². The molecule has 0 amide bonds. The van der Waals surface area contributed by atoms with Crippen LogP contribution in [-0.4, -0.2) is 37.7 Å². The summed E-state index contributed by atoms with van der Waals surface area (Å²) in [5, 5.41) is 7.16. The summed E-state index contributed by atoms with van der Waals surface area (Å²) in [5.41, 5.74) is 0. The molecule has 2 heterocycles. The molecule has 2 aliphatic rings. The summed E-state index contributed by atoms with van der Waals surface area (Å²) < 4.78 is 0. The summed E-state index contributed by atoms with van der Waals surface area (Å²) in [7, 11) is 0. The topological polar surface area (TPSA) is 24.1 Å². The Morgan fingerprint density at radius 2 is 1.87 bits per heavy atom. The van der Waals surface area contributed by atoms with Crippen molar-refractivity contribution in [2.24, 2.45) is 11.8 Å². The van der Waals surface area contributed by atoms with Gasteiger partial charge in [-0.15, -0.1) is 0 Å². The zero-order valence-corrected chi connectivity index (χ0v) is 10.5. The standard InChI is InChI=1S/C12H24N2S/c1-2-12(9-13-5-1)10-14-8-11-3-6-15-7-4-11/h11-14H,1-10H2. The van der Waals surface area contributed by atoms with E-state index in [1.165, 1.54) is 63.4 Å². The van der Waals surface area contributed by atoms with E-state index in [-0.39, 0.29) is 0 Å². The van der Waals surface area contributed by atoms with E-state index in [0.29, 0.717) is 0 Å². The summed E-state index contributed by atoms with van der Waals surface area (Å²) >= 11 is 2.12. The Hall–Kier alpha value is 0.270. The maximum absolute atomic E-state index is 3.68. The van der Waals surface area contributed by atoms with Gasteiger partial charge in [0.15, 0.2) is 0 Å². The summed E-state index contributed by atoms with van der Waals surface area (Å²) in [6.45, 7) is 4.96. The maximum atomic E-state index is 3.68. The Kier molecular flexibility index (Phi) is 5.30. The molecule has 1 unspecified atom stereocenters. The molecule has 2 fully saturated rings. The van der Waals surface area contributed by atoms with Crippen molar-refractivity contribution >= 4 is 11.8 Å². The molecule has 2 nitrogen and oxygen atoms in total. The van der Waals surface area contributed by atoms with Crippen molar-refractivity contribution in [3.05, 3.63) is 0 Å². The molecule has 0 aromatic rings.